The SMILES string of the molecule is CNc1nc(Nc2ccc(OC)c(F)c2)ncc1C#CCCCNC(=O)[C@@H]1CCCN1C(=O)C=CCN(C)C. The molecule has 10 nitrogen and oxygen atoms in total. The number of aromatic nitrogens is 2. The molecule has 3 rings (SSSR count). The van der Waals surface area contributed by atoms with Crippen LogP contribution in [0.2, 0.25) is 0 Å². The maximum absolute atomic E-state index is 13.9. The molecule has 1 aliphatic rings. The molecule has 1 fully saturated rings. The Balaban J connectivity index is 1.47. The lowest BCUT2D eigenvalue weighted by Gasteiger charge is -2.22. The van der Waals surface area contributed by atoms with Gasteiger partial charge in [-0.15, -0.1) is 0 Å². The number of anilines is 3. The summed E-state index contributed by atoms with van der Waals surface area (Å²) in [5.74, 6) is 6.39. The monoisotopic (exact) mass is 537 g/mol. The molecule has 0 aliphatic carbocycles. The number of carbonyl (C=O) groups excluding carboxylic acids is 2. The van der Waals surface area contributed by atoms with Crippen LogP contribution in [0.3, 0.4) is 0 Å². The van der Waals surface area contributed by atoms with Crippen LogP contribution < -0.4 is 20.7 Å². The Kier molecular flexibility index (Phi) is 11.1. The number of hydrogen-bond donors (Lipinski definition) is 3. The fraction of sp³-hybridized carbons (Fsp3) is 0.429. The van der Waals surface area contributed by atoms with Crippen LogP contribution in [0.1, 0.15) is 31.2 Å². The van der Waals surface area contributed by atoms with Crippen LogP contribution in [0.15, 0.2) is 36.5 Å². The fourth-order valence-electron chi connectivity index (χ4n) is 4.02. The molecule has 0 bridgehead atoms. The Hall–Kier alpha value is -4.17. The van der Waals surface area contributed by atoms with E-state index in [1.54, 1.807) is 30.3 Å². The van der Waals surface area contributed by atoms with E-state index in [4.69, 9.17) is 4.74 Å². The van der Waals surface area contributed by atoms with Crippen molar-refractivity contribution in [1.82, 2.24) is 25.1 Å². The second kappa shape index (κ2) is 14.7. The normalized spacial score (nSPS) is 14.7. The molecule has 11 heteroatoms. The molecule has 1 aromatic heterocycles. The molecule has 0 radical (unpaired) electrons. The number of methoxy groups -OCH3 is 1. The van der Waals surface area contributed by atoms with Crippen molar-refractivity contribution in [1.29, 1.82) is 0 Å². The first-order valence-corrected chi connectivity index (χ1v) is 12.9. The minimum Gasteiger partial charge on any atom is -0.494 e. The molecular formula is C28H36FN7O3. The minimum absolute atomic E-state index is 0.125. The van der Waals surface area contributed by atoms with Crippen LogP contribution in [-0.4, -0.2) is 85.5 Å². The number of ether oxygens (including phenoxy) is 1. The van der Waals surface area contributed by atoms with Gasteiger partial charge in [-0.1, -0.05) is 17.9 Å². The second-order valence-corrected chi connectivity index (χ2v) is 9.23. The number of rotatable bonds is 11. The molecule has 1 aliphatic heterocycles. The number of hydrogen-bond acceptors (Lipinski definition) is 8. The highest BCUT2D eigenvalue weighted by atomic mass is 19.1. The lowest BCUT2D eigenvalue weighted by atomic mass is 10.2. The molecule has 0 unspecified atom stereocenters. The summed E-state index contributed by atoms with van der Waals surface area (Å²) in [7, 11) is 7.00. The highest BCUT2D eigenvalue weighted by Crippen LogP contribution is 2.23. The maximum Gasteiger partial charge on any atom is 0.246 e. The zero-order valence-electron chi connectivity index (χ0n) is 22.9. The standard InChI is InChI=1S/C28H36FN7O3/c1-30-26-20(19-32-28(34-26)33-21-13-14-24(39-4)22(29)18-21)10-6-5-7-15-31-27(38)23-11-8-17-36(23)25(37)12-9-16-35(2)3/h9,12-14,18-19,23H,5,7-8,11,15-17H2,1-4H3,(H,31,38)(H2,30,32,33,34)/t23-/m0/s1. The maximum atomic E-state index is 13.9. The molecule has 1 atom stereocenters. The summed E-state index contributed by atoms with van der Waals surface area (Å²) in [6.45, 7) is 1.74. The smallest absolute Gasteiger partial charge is 0.246 e. The Bertz CT molecular complexity index is 1240. The summed E-state index contributed by atoms with van der Waals surface area (Å²) >= 11 is 0. The van der Waals surface area contributed by atoms with Crippen molar-refractivity contribution in [2.24, 2.45) is 0 Å². The zero-order chi connectivity index (χ0) is 28.2. The topological polar surface area (TPSA) is 112 Å². The third-order valence-electron chi connectivity index (χ3n) is 6.00. The van der Waals surface area contributed by atoms with Gasteiger partial charge in [0.1, 0.15) is 11.9 Å². The number of benzene rings is 1. The molecule has 208 valence electrons. The molecule has 3 N–H and O–H groups in total. The van der Waals surface area contributed by atoms with Gasteiger partial charge in [0.25, 0.3) is 0 Å². The Labute approximate surface area is 229 Å². The van der Waals surface area contributed by atoms with Crippen molar-refractivity contribution in [2.45, 2.75) is 31.7 Å². The van der Waals surface area contributed by atoms with Gasteiger partial charge in [-0.2, -0.15) is 4.98 Å². The van der Waals surface area contributed by atoms with Crippen LogP contribution >= 0.6 is 0 Å². The number of halogens is 1. The Morgan fingerprint density at radius 3 is 2.87 bits per heavy atom. The predicted octanol–water partition coefficient (Wildman–Crippen LogP) is 2.77. The number of nitrogens with one attached hydrogen (secondary N) is 3. The van der Waals surface area contributed by atoms with E-state index >= 15 is 0 Å². The summed E-state index contributed by atoms with van der Waals surface area (Å²) < 4.78 is 18.9. The summed E-state index contributed by atoms with van der Waals surface area (Å²) in [4.78, 5) is 37.4. The van der Waals surface area contributed by atoms with Gasteiger partial charge < -0.3 is 30.5 Å². The first-order chi connectivity index (χ1) is 18.8. The fourth-order valence-corrected chi connectivity index (χ4v) is 4.02. The lowest BCUT2D eigenvalue weighted by Crippen LogP contribution is -2.45. The Morgan fingerprint density at radius 1 is 1.33 bits per heavy atom. The van der Waals surface area contributed by atoms with Crippen LogP contribution in [0, 0.1) is 17.7 Å². The molecule has 0 spiro atoms. The van der Waals surface area contributed by atoms with E-state index < -0.39 is 11.9 Å². The van der Waals surface area contributed by atoms with E-state index in [2.05, 4.69) is 37.8 Å². The minimum atomic E-state index is -0.489. The molecule has 1 aromatic carbocycles. The molecule has 2 aromatic rings. The van der Waals surface area contributed by atoms with Crippen molar-refractivity contribution in [2.75, 3.05) is 58.5 Å². The van der Waals surface area contributed by atoms with E-state index in [1.807, 2.05) is 25.1 Å². The van der Waals surface area contributed by atoms with Gasteiger partial charge in [-0.3, -0.25) is 9.59 Å². The zero-order valence-corrected chi connectivity index (χ0v) is 22.9. The molecule has 2 amide bonds. The Morgan fingerprint density at radius 2 is 2.15 bits per heavy atom. The average molecular weight is 538 g/mol. The van der Waals surface area contributed by atoms with Crippen molar-refractivity contribution >= 4 is 29.3 Å². The van der Waals surface area contributed by atoms with Gasteiger partial charge in [-0.05, 0) is 45.5 Å². The molecule has 2 heterocycles. The van der Waals surface area contributed by atoms with Crippen molar-refractivity contribution < 1.29 is 18.7 Å². The number of unbranched alkanes of at least 4 members (excludes halogenated alkanes) is 1. The van der Waals surface area contributed by atoms with Gasteiger partial charge in [0.15, 0.2) is 11.6 Å². The van der Waals surface area contributed by atoms with E-state index in [0.717, 1.165) is 6.42 Å². The molecule has 1 saturated heterocycles. The summed E-state index contributed by atoms with van der Waals surface area (Å²) in [5, 5.41) is 8.89. The lowest BCUT2D eigenvalue weighted by molar-refractivity contribution is -0.135. The molecular weight excluding hydrogens is 501 g/mol. The molecule has 39 heavy (non-hydrogen) atoms. The van der Waals surface area contributed by atoms with E-state index in [9.17, 15) is 14.0 Å². The largest absolute Gasteiger partial charge is 0.494 e. The molecule has 0 saturated carbocycles. The number of nitrogens with zero attached hydrogens (tertiary/aromatic N) is 4. The van der Waals surface area contributed by atoms with Gasteiger partial charge in [0.05, 0.1) is 18.9 Å². The summed E-state index contributed by atoms with van der Waals surface area (Å²) in [6, 6.07) is 4.07. The number of likely N-dealkylation sites (N-methyl/N-ethyl adjacent to an activating group) is 1. The van der Waals surface area contributed by atoms with Gasteiger partial charge in [0, 0.05) is 50.9 Å². The van der Waals surface area contributed by atoms with Crippen LogP contribution in [0.25, 0.3) is 0 Å². The second-order valence-electron chi connectivity index (χ2n) is 9.23. The third kappa shape index (κ3) is 8.68. The number of likely N-dealkylation sites (tertiary alicyclic amines) is 1. The van der Waals surface area contributed by atoms with Crippen LogP contribution in [0.5, 0.6) is 5.75 Å². The quantitative estimate of drug-likeness (QED) is 0.228. The van der Waals surface area contributed by atoms with Crippen molar-refractivity contribution in [3.8, 4) is 17.6 Å². The summed E-state index contributed by atoms with van der Waals surface area (Å²) in [6.07, 6.45) is 7.67. The predicted molar refractivity (Wildman–Crippen MR) is 149 cm³/mol. The summed E-state index contributed by atoms with van der Waals surface area (Å²) in [5.41, 5.74) is 1.11. The van der Waals surface area contributed by atoms with Crippen molar-refractivity contribution in [3.63, 3.8) is 0 Å². The van der Waals surface area contributed by atoms with E-state index in [0.29, 0.717) is 61.9 Å². The van der Waals surface area contributed by atoms with Gasteiger partial charge >= 0.3 is 0 Å². The average Bonchev–Trinajstić information content (AvgIpc) is 3.41. The number of amides is 2. The highest BCUT2D eigenvalue weighted by Gasteiger charge is 2.32. The van der Waals surface area contributed by atoms with Gasteiger partial charge in [-0.25, -0.2) is 9.37 Å². The first kappa shape index (κ1) is 29.4. The van der Waals surface area contributed by atoms with Crippen LogP contribution in [0.4, 0.5) is 21.8 Å². The third-order valence-corrected chi connectivity index (χ3v) is 6.00. The van der Waals surface area contributed by atoms with E-state index in [-0.39, 0.29) is 17.6 Å². The van der Waals surface area contributed by atoms with Crippen molar-refractivity contribution in [3.05, 3.63) is 47.9 Å². The first-order valence-electron chi connectivity index (χ1n) is 12.9. The van der Waals surface area contributed by atoms with E-state index in [1.165, 1.54) is 19.2 Å². The highest BCUT2D eigenvalue weighted by molar-refractivity contribution is 5.93. The van der Waals surface area contributed by atoms with Crippen LogP contribution in [-0.2, 0) is 9.59 Å². The number of carbonyl (C=O) groups is 2. The van der Waals surface area contributed by atoms with Gasteiger partial charge in [0.2, 0.25) is 17.8 Å².